The lowest BCUT2D eigenvalue weighted by molar-refractivity contribution is 0.412. The van der Waals surface area contributed by atoms with Crippen LogP contribution in [0.5, 0.6) is 0 Å². The largest absolute Gasteiger partial charge is 0.387 e. The molecule has 2 bridgehead atoms. The van der Waals surface area contributed by atoms with Crippen molar-refractivity contribution in [3.63, 3.8) is 0 Å². The fourth-order valence-corrected chi connectivity index (χ4v) is 2.63. The Hall–Kier alpha value is -0.530. The lowest BCUT2D eigenvalue weighted by atomic mass is 9.88. The van der Waals surface area contributed by atoms with Crippen molar-refractivity contribution < 1.29 is 0 Å². The molecule has 0 aromatic rings. The second-order valence-electron chi connectivity index (χ2n) is 3.74. The minimum Gasteiger partial charge on any atom is -0.387 e. The van der Waals surface area contributed by atoms with E-state index in [1.54, 1.807) is 0 Å². The van der Waals surface area contributed by atoms with Crippen molar-refractivity contribution >= 4 is 5.84 Å². The standard InChI is InChI=1S/C8H14N2/c9-8(10)7-4-5-1-2-6(7)3-5/h5-7H,1-4H2,(H3,9,10)/t5-,6-,7+/m0/s1. The highest BCUT2D eigenvalue weighted by atomic mass is 14.7. The van der Waals surface area contributed by atoms with E-state index in [9.17, 15) is 0 Å². The third-order valence-corrected chi connectivity index (χ3v) is 3.14. The summed E-state index contributed by atoms with van der Waals surface area (Å²) in [5.41, 5.74) is 5.47. The molecular weight excluding hydrogens is 124 g/mol. The number of nitrogens with two attached hydrogens (primary N) is 1. The van der Waals surface area contributed by atoms with Crippen molar-refractivity contribution in [3.8, 4) is 0 Å². The van der Waals surface area contributed by atoms with E-state index in [2.05, 4.69) is 0 Å². The third kappa shape index (κ3) is 0.746. The Morgan fingerprint density at radius 3 is 2.40 bits per heavy atom. The Labute approximate surface area is 61.3 Å². The number of hydrogen-bond acceptors (Lipinski definition) is 1. The predicted molar refractivity (Wildman–Crippen MR) is 40.9 cm³/mol. The predicted octanol–water partition coefficient (Wildman–Crippen LogP) is 1.36. The molecule has 2 heteroatoms. The first-order chi connectivity index (χ1) is 4.77. The van der Waals surface area contributed by atoms with Crippen molar-refractivity contribution in [3.05, 3.63) is 0 Å². The Kier molecular flexibility index (Phi) is 1.22. The molecule has 10 heavy (non-hydrogen) atoms. The molecule has 56 valence electrons. The zero-order valence-corrected chi connectivity index (χ0v) is 6.14. The van der Waals surface area contributed by atoms with Gasteiger partial charge in [0.1, 0.15) is 0 Å². The van der Waals surface area contributed by atoms with Crippen LogP contribution in [0, 0.1) is 23.2 Å². The highest BCUT2D eigenvalue weighted by molar-refractivity contribution is 5.80. The fourth-order valence-electron chi connectivity index (χ4n) is 2.63. The van der Waals surface area contributed by atoms with Crippen LogP contribution in [0.2, 0.25) is 0 Å². The molecule has 0 aromatic carbocycles. The molecule has 0 aliphatic heterocycles. The van der Waals surface area contributed by atoms with Gasteiger partial charge in [-0.3, -0.25) is 5.41 Å². The maximum atomic E-state index is 7.32. The average Bonchev–Trinajstić information content (AvgIpc) is 2.44. The summed E-state index contributed by atoms with van der Waals surface area (Å²) >= 11 is 0. The molecule has 3 atom stereocenters. The summed E-state index contributed by atoms with van der Waals surface area (Å²) in [4.78, 5) is 0. The molecule has 2 nitrogen and oxygen atoms in total. The van der Waals surface area contributed by atoms with E-state index >= 15 is 0 Å². The van der Waals surface area contributed by atoms with Gasteiger partial charge in [-0.2, -0.15) is 0 Å². The minimum absolute atomic E-state index is 0.437. The van der Waals surface area contributed by atoms with Gasteiger partial charge in [0.2, 0.25) is 0 Å². The second kappa shape index (κ2) is 1.97. The smallest absolute Gasteiger partial charge is 0.0939 e. The maximum Gasteiger partial charge on any atom is 0.0939 e. The third-order valence-electron chi connectivity index (χ3n) is 3.14. The maximum absolute atomic E-state index is 7.32. The monoisotopic (exact) mass is 138 g/mol. The molecular formula is C8H14N2. The molecule has 2 saturated carbocycles. The lowest BCUT2D eigenvalue weighted by Gasteiger charge is -2.19. The van der Waals surface area contributed by atoms with Gasteiger partial charge in [0.25, 0.3) is 0 Å². The molecule has 0 saturated heterocycles. The first-order valence-electron chi connectivity index (χ1n) is 4.11. The molecule has 2 fully saturated rings. The Balaban J connectivity index is 2.08. The summed E-state index contributed by atoms with van der Waals surface area (Å²) in [7, 11) is 0. The summed E-state index contributed by atoms with van der Waals surface area (Å²) in [5.74, 6) is 2.59. The molecule has 2 aliphatic carbocycles. The van der Waals surface area contributed by atoms with E-state index in [0.717, 1.165) is 11.8 Å². The minimum atomic E-state index is 0.437. The summed E-state index contributed by atoms with van der Waals surface area (Å²) in [6.07, 6.45) is 5.29. The van der Waals surface area contributed by atoms with Crippen LogP contribution in [0.15, 0.2) is 0 Å². The quantitative estimate of drug-likeness (QED) is 0.417. The Morgan fingerprint density at radius 1 is 1.30 bits per heavy atom. The molecule has 0 aromatic heterocycles. The van der Waals surface area contributed by atoms with E-state index < -0.39 is 0 Å². The second-order valence-corrected chi connectivity index (χ2v) is 3.74. The highest BCUT2D eigenvalue weighted by Gasteiger charge is 2.40. The number of amidine groups is 1. The molecule has 0 radical (unpaired) electrons. The SMILES string of the molecule is N=C(N)[C@@H]1C[C@H]2CC[C@H]1C2. The van der Waals surface area contributed by atoms with Crippen LogP contribution in [-0.2, 0) is 0 Å². The topological polar surface area (TPSA) is 49.9 Å². The van der Waals surface area contributed by atoms with Crippen LogP contribution in [0.3, 0.4) is 0 Å². The van der Waals surface area contributed by atoms with Gasteiger partial charge in [-0.25, -0.2) is 0 Å². The van der Waals surface area contributed by atoms with Gasteiger partial charge in [-0.05, 0) is 31.1 Å². The fraction of sp³-hybridized carbons (Fsp3) is 0.875. The summed E-state index contributed by atoms with van der Waals surface area (Å²) in [5, 5.41) is 7.32. The Bertz CT molecular complexity index is 165. The van der Waals surface area contributed by atoms with Crippen LogP contribution in [0.4, 0.5) is 0 Å². The summed E-state index contributed by atoms with van der Waals surface area (Å²) in [6.45, 7) is 0. The molecule has 2 rings (SSSR count). The molecule has 0 amide bonds. The molecule has 2 aliphatic rings. The van der Waals surface area contributed by atoms with Crippen molar-refractivity contribution in [2.24, 2.45) is 23.5 Å². The molecule has 0 unspecified atom stereocenters. The zero-order chi connectivity index (χ0) is 7.14. The van der Waals surface area contributed by atoms with E-state index in [1.165, 1.54) is 25.7 Å². The van der Waals surface area contributed by atoms with E-state index in [4.69, 9.17) is 11.1 Å². The summed E-state index contributed by atoms with van der Waals surface area (Å²) in [6, 6.07) is 0. The number of fused-ring (bicyclic) bond motifs is 2. The van der Waals surface area contributed by atoms with Crippen LogP contribution in [0.25, 0.3) is 0 Å². The molecule has 0 spiro atoms. The van der Waals surface area contributed by atoms with Gasteiger partial charge in [0, 0.05) is 5.92 Å². The van der Waals surface area contributed by atoms with Crippen LogP contribution in [0.1, 0.15) is 25.7 Å². The first kappa shape index (κ1) is 6.20. The van der Waals surface area contributed by atoms with Crippen LogP contribution < -0.4 is 5.73 Å². The number of nitrogens with one attached hydrogen (secondary N) is 1. The van der Waals surface area contributed by atoms with Crippen molar-refractivity contribution in [2.75, 3.05) is 0 Å². The first-order valence-corrected chi connectivity index (χ1v) is 4.11. The van der Waals surface area contributed by atoms with Gasteiger partial charge < -0.3 is 5.73 Å². The van der Waals surface area contributed by atoms with Gasteiger partial charge in [0.05, 0.1) is 5.84 Å². The van der Waals surface area contributed by atoms with Crippen molar-refractivity contribution in [1.29, 1.82) is 5.41 Å². The normalized spacial score (nSPS) is 44.2. The van der Waals surface area contributed by atoms with Crippen LogP contribution >= 0.6 is 0 Å². The average molecular weight is 138 g/mol. The molecule has 3 N–H and O–H groups in total. The Morgan fingerprint density at radius 2 is 2.10 bits per heavy atom. The van der Waals surface area contributed by atoms with Gasteiger partial charge >= 0.3 is 0 Å². The van der Waals surface area contributed by atoms with Crippen LogP contribution in [-0.4, -0.2) is 5.84 Å². The van der Waals surface area contributed by atoms with E-state index in [-0.39, 0.29) is 0 Å². The van der Waals surface area contributed by atoms with E-state index in [0.29, 0.717) is 11.8 Å². The van der Waals surface area contributed by atoms with E-state index in [1.807, 2.05) is 0 Å². The van der Waals surface area contributed by atoms with Crippen molar-refractivity contribution in [1.82, 2.24) is 0 Å². The number of rotatable bonds is 1. The molecule has 0 heterocycles. The van der Waals surface area contributed by atoms with Gasteiger partial charge in [0.15, 0.2) is 0 Å². The van der Waals surface area contributed by atoms with Gasteiger partial charge in [-0.1, -0.05) is 6.42 Å². The highest BCUT2D eigenvalue weighted by Crippen LogP contribution is 2.47. The lowest BCUT2D eigenvalue weighted by Crippen LogP contribution is -2.26. The summed E-state index contributed by atoms with van der Waals surface area (Å²) < 4.78 is 0. The number of hydrogen-bond donors (Lipinski definition) is 2. The zero-order valence-electron chi connectivity index (χ0n) is 6.14. The van der Waals surface area contributed by atoms with Gasteiger partial charge in [-0.15, -0.1) is 0 Å². The van der Waals surface area contributed by atoms with Crippen molar-refractivity contribution in [2.45, 2.75) is 25.7 Å².